The van der Waals surface area contributed by atoms with Crippen LogP contribution in [0.5, 0.6) is 11.5 Å². The van der Waals surface area contributed by atoms with Gasteiger partial charge < -0.3 is 4.74 Å². The highest BCUT2D eigenvalue weighted by molar-refractivity contribution is 5.89. The number of nitriles is 1. The van der Waals surface area contributed by atoms with Gasteiger partial charge in [0.2, 0.25) is 0 Å². The topological polar surface area (TPSA) is 33.0 Å². The molecule has 3 aliphatic rings. The van der Waals surface area contributed by atoms with Gasteiger partial charge in [0, 0.05) is 16.7 Å². The third-order valence-electron chi connectivity index (χ3n) is 7.43. The van der Waals surface area contributed by atoms with Crippen LogP contribution in [-0.2, 0) is 5.41 Å². The summed E-state index contributed by atoms with van der Waals surface area (Å²) in [5.74, 6) is 1.77. The van der Waals surface area contributed by atoms with Gasteiger partial charge in [-0.2, -0.15) is 5.26 Å². The molecule has 2 heteroatoms. The Balaban J connectivity index is 1.54. The Kier molecular flexibility index (Phi) is 3.98. The Labute approximate surface area is 199 Å². The van der Waals surface area contributed by atoms with Gasteiger partial charge in [-0.3, -0.25) is 0 Å². The third-order valence-corrected chi connectivity index (χ3v) is 7.43. The van der Waals surface area contributed by atoms with Crippen LogP contribution in [0.3, 0.4) is 0 Å². The van der Waals surface area contributed by atoms with Gasteiger partial charge in [0.1, 0.15) is 11.5 Å². The van der Waals surface area contributed by atoms with Gasteiger partial charge >= 0.3 is 0 Å². The minimum Gasteiger partial charge on any atom is -0.457 e. The van der Waals surface area contributed by atoms with Crippen LogP contribution in [0.2, 0.25) is 0 Å². The standard InChI is InChI=1S/C32H21NO/c33-20-21-8-7-9-22(18-21)23-16-17-29-31(19-23)34-30-15-6-5-14-28(30)32(29)26-12-3-1-10-24(26)25-11-2-4-13-27(25)32/h1-6,9-19H,7-8H2. The molecule has 7 rings (SSSR count). The zero-order chi connectivity index (χ0) is 22.7. The molecule has 0 amide bonds. The number of rotatable bonds is 1. The van der Waals surface area contributed by atoms with Crippen molar-refractivity contribution in [1.29, 1.82) is 5.26 Å². The largest absolute Gasteiger partial charge is 0.457 e. The van der Waals surface area contributed by atoms with E-state index in [-0.39, 0.29) is 0 Å². The Morgan fingerprint density at radius 1 is 0.706 bits per heavy atom. The fraction of sp³-hybridized carbons (Fsp3) is 0.0938. The summed E-state index contributed by atoms with van der Waals surface area (Å²) in [5, 5.41) is 9.41. The van der Waals surface area contributed by atoms with E-state index < -0.39 is 5.41 Å². The molecule has 1 aliphatic heterocycles. The van der Waals surface area contributed by atoms with Crippen molar-refractivity contribution in [3.05, 3.63) is 137 Å². The van der Waals surface area contributed by atoms with Crippen LogP contribution in [-0.4, -0.2) is 0 Å². The molecule has 4 aromatic carbocycles. The molecule has 2 nitrogen and oxygen atoms in total. The van der Waals surface area contributed by atoms with Crippen LogP contribution in [0.25, 0.3) is 16.7 Å². The van der Waals surface area contributed by atoms with Crippen LogP contribution in [0.1, 0.15) is 40.7 Å². The van der Waals surface area contributed by atoms with Gasteiger partial charge in [0.15, 0.2) is 0 Å². The highest BCUT2D eigenvalue weighted by Crippen LogP contribution is 2.62. The number of nitrogens with zero attached hydrogens (tertiary/aromatic N) is 1. The summed E-state index contributed by atoms with van der Waals surface area (Å²) < 4.78 is 6.57. The van der Waals surface area contributed by atoms with E-state index in [1.807, 2.05) is 12.1 Å². The second kappa shape index (κ2) is 7.07. The molecule has 0 N–H and O–H groups in total. The number of hydrogen-bond donors (Lipinski definition) is 0. The number of allylic oxidation sites excluding steroid dienone is 4. The number of para-hydroxylation sites is 1. The lowest BCUT2D eigenvalue weighted by molar-refractivity contribution is 0.436. The molecular weight excluding hydrogens is 414 g/mol. The van der Waals surface area contributed by atoms with Gasteiger partial charge in [-0.25, -0.2) is 0 Å². The number of hydrogen-bond acceptors (Lipinski definition) is 2. The molecule has 0 bridgehead atoms. The Morgan fingerprint density at radius 2 is 1.35 bits per heavy atom. The number of fused-ring (bicyclic) bond motifs is 9. The van der Waals surface area contributed by atoms with E-state index in [0.29, 0.717) is 0 Å². The molecule has 1 heterocycles. The van der Waals surface area contributed by atoms with Crippen LogP contribution in [0.4, 0.5) is 0 Å². The maximum atomic E-state index is 9.41. The first-order valence-corrected chi connectivity index (χ1v) is 11.7. The molecule has 0 unspecified atom stereocenters. The van der Waals surface area contributed by atoms with Crippen molar-refractivity contribution in [2.45, 2.75) is 18.3 Å². The van der Waals surface area contributed by atoms with Crippen molar-refractivity contribution < 1.29 is 4.74 Å². The summed E-state index contributed by atoms with van der Waals surface area (Å²) >= 11 is 0. The molecular formula is C32H21NO. The first-order chi connectivity index (χ1) is 16.8. The van der Waals surface area contributed by atoms with Crippen molar-refractivity contribution in [3.63, 3.8) is 0 Å². The fourth-order valence-electron chi connectivity index (χ4n) is 6.03. The normalized spacial score (nSPS) is 16.2. The van der Waals surface area contributed by atoms with E-state index in [0.717, 1.165) is 46.6 Å². The van der Waals surface area contributed by atoms with Crippen molar-refractivity contribution in [1.82, 2.24) is 0 Å². The predicted molar refractivity (Wildman–Crippen MR) is 135 cm³/mol. The smallest absolute Gasteiger partial charge is 0.132 e. The van der Waals surface area contributed by atoms with E-state index in [9.17, 15) is 5.26 Å². The lowest BCUT2D eigenvalue weighted by atomic mass is 9.66. The fourth-order valence-corrected chi connectivity index (χ4v) is 6.03. The first kappa shape index (κ1) is 19.1. The quantitative estimate of drug-likeness (QED) is 0.264. The van der Waals surface area contributed by atoms with Gasteiger partial charge in [-0.05, 0) is 64.4 Å². The summed E-state index contributed by atoms with van der Waals surface area (Å²) in [4.78, 5) is 0. The van der Waals surface area contributed by atoms with E-state index in [2.05, 4.69) is 97.1 Å². The minimum absolute atomic E-state index is 0.426. The Hall–Kier alpha value is -4.35. The van der Waals surface area contributed by atoms with Gasteiger partial charge in [0.05, 0.1) is 11.5 Å². The van der Waals surface area contributed by atoms with Crippen LogP contribution < -0.4 is 4.74 Å². The highest BCUT2D eigenvalue weighted by Gasteiger charge is 2.50. The molecule has 34 heavy (non-hydrogen) atoms. The number of benzene rings is 4. The summed E-state index contributed by atoms with van der Waals surface area (Å²) in [5.41, 5.74) is 10.1. The van der Waals surface area contributed by atoms with Crippen molar-refractivity contribution >= 4 is 5.57 Å². The lowest BCUT2D eigenvalue weighted by Gasteiger charge is -2.39. The molecule has 2 aliphatic carbocycles. The molecule has 0 fully saturated rings. The predicted octanol–water partition coefficient (Wildman–Crippen LogP) is 7.78. The van der Waals surface area contributed by atoms with E-state index in [1.54, 1.807) is 0 Å². The number of ether oxygens (including phenoxy) is 1. The Morgan fingerprint density at radius 3 is 2.09 bits per heavy atom. The van der Waals surface area contributed by atoms with Crippen molar-refractivity contribution in [2.75, 3.05) is 0 Å². The van der Waals surface area contributed by atoms with Gasteiger partial charge in [0.25, 0.3) is 0 Å². The second-order valence-electron chi connectivity index (χ2n) is 9.13. The second-order valence-corrected chi connectivity index (χ2v) is 9.13. The summed E-state index contributed by atoms with van der Waals surface area (Å²) in [7, 11) is 0. The van der Waals surface area contributed by atoms with Crippen molar-refractivity contribution in [3.8, 4) is 28.7 Å². The van der Waals surface area contributed by atoms with E-state index >= 15 is 0 Å². The van der Waals surface area contributed by atoms with E-state index in [4.69, 9.17) is 4.74 Å². The summed E-state index contributed by atoms with van der Waals surface area (Å²) in [6.45, 7) is 0. The zero-order valence-electron chi connectivity index (χ0n) is 18.6. The van der Waals surface area contributed by atoms with Gasteiger partial charge in [-0.1, -0.05) is 84.9 Å². The van der Waals surface area contributed by atoms with Gasteiger partial charge in [-0.15, -0.1) is 0 Å². The average molecular weight is 436 g/mol. The first-order valence-electron chi connectivity index (χ1n) is 11.7. The van der Waals surface area contributed by atoms with Crippen LogP contribution >= 0.6 is 0 Å². The molecule has 0 saturated carbocycles. The third kappa shape index (κ3) is 2.44. The minimum atomic E-state index is -0.426. The Bertz CT molecular complexity index is 1550. The zero-order valence-corrected chi connectivity index (χ0v) is 18.6. The maximum absolute atomic E-state index is 9.41. The highest BCUT2D eigenvalue weighted by atomic mass is 16.5. The SMILES string of the molecule is N#CC1=CC(c2ccc3c(c2)Oc2ccccc2C32c3ccccc3-c3ccccc32)=CCC1. The molecule has 1 spiro atoms. The molecule has 0 atom stereocenters. The van der Waals surface area contributed by atoms with Crippen LogP contribution in [0.15, 0.2) is 109 Å². The summed E-state index contributed by atoms with van der Waals surface area (Å²) in [6.07, 6.45) is 5.93. The summed E-state index contributed by atoms with van der Waals surface area (Å²) in [6, 6.07) is 34.8. The maximum Gasteiger partial charge on any atom is 0.132 e. The molecule has 0 saturated heterocycles. The molecule has 0 radical (unpaired) electrons. The molecule has 0 aromatic heterocycles. The average Bonchev–Trinajstić information content (AvgIpc) is 3.20. The lowest BCUT2D eigenvalue weighted by Crippen LogP contribution is -2.32. The molecule has 160 valence electrons. The van der Waals surface area contributed by atoms with Crippen LogP contribution in [0, 0.1) is 11.3 Å². The van der Waals surface area contributed by atoms with E-state index in [1.165, 1.54) is 27.8 Å². The monoisotopic (exact) mass is 435 g/mol. The molecule has 4 aromatic rings. The van der Waals surface area contributed by atoms with Crippen molar-refractivity contribution in [2.24, 2.45) is 0 Å².